The van der Waals surface area contributed by atoms with E-state index in [-0.39, 0.29) is 12.3 Å². The third kappa shape index (κ3) is 3.60. The minimum atomic E-state index is -0.0187. The van der Waals surface area contributed by atoms with Crippen LogP contribution < -0.4 is 5.32 Å². The van der Waals surface area contributed by atoms with Crippen LogP contribution in [0.1, 0.15) is 25.5 Å². The van der Waals surface area contributed by atoms with Crippen molar-refractivity contribution >= 4 is 5.91 Å². The first-order valence-electron chi connectivity index (χ1n) is 4.76. The lowest BCUT2D eigenvalue weighted by Crippen LogP contribution is -2.28. The van der Waals surface area contributed by atoms with E-state index in [9.17, 15) is 4.79 Å². The first-order chi connectivity index (χ1) is 6.58. The van der Waals surface area contributed by atoms with E-state index in [2.05, 4.69) is 24.1 Å². The van der Waals surface area contributed by atoms with Crippen LogP contribution in [0.2, 0.25) is 0 Å². The summed E-state index contributed by atoms with van der Waals surface area (Å²) in [6, 6.07) is 0. The smallest absolute Gasteiger partial charge is 0.227 e. The molecule has 0 aliphatic carbocycles. The average molecular weight is 196 g/mol. The lowest BCUT2D eigenvalue weighted by molar-refractivity contribution is -0.120. The summed E-state index contributed by atoms with van der Waals surface area (Å²) in [6.45, 7) is 6.57. The maximum atomic E-state index is 11.3. The summed E-state index contributed by atoms with van der Waals surface area (Å²) in [5, 5.41) is 2.81. The number of oxazole rings is 1. The normalized spacial score (nSPS) is 10.6. The Labute approximate surface area is 83.7 Å². The molecule has 1 N–H and O–H groups in total. The maximum absolute atomic E-state index is 11.3. The minimum Gasteiger partial charge on any atom is -0.446 e. The van der Waals surface area contributed by atoms with Gasteiger partial charge in [-0.3, -0.25) is 4.79 Å². The second-order valence-electron chi connectivity index (χ2n) is 3.72. The zero-order valence-corrected chi connectivity index (χ0v) is 8.83. The monoisotopic (exact) mass is 196 g/mol. The molecule has 14 heavy (non-hydrogen) atoms. The average Bonchev–Trinajstić information content (AvgIpc) is 2.48. The highest BCUT2D eigenvalue weighted by atomic mass is 16.4. The Morgan fingerprint density at radius 1 is 1.64 bits per heavy atom. The number of aromatic nitrogens is 1. The number of hydrogen-bond donors (Lipinski definition) is 1. The highest BCUT2D eigenvalue weighted by Gasteiger charge is 2.07. The van der Waals surface area contributed by atoms with Crippen molar-refractivity contribution in [1.29, 1.82) is 0 Å². The molecule has 0 spiro atoms. The van der Waals surface area contributed by atoms with Crippen molar-refractivity contribution in [1.82, 2.24) is 10.3 Å². The van der Waals surface area contributed by atoms with Crippen molar-refractivity contribution in [2.75, 3.05) is 6.54 Å². The second kappa shape index (κ2) is 4.79. The lowest BCUT2D eigenvalue weighted by Gasteiger charge is -2.05. The maximum Gasteiger partial charge on any atom is 0.227 e. The number of aryl methyl sites for hydroxylation is 1. The first-order valence-corrected chi connectivity index (χ1v) is 4.76. The Morgan fingerprint density at radius 3 is 2.86 bits per heavy atom. The highest BCUT2D eigenvalue weighted by molar-refractivity contribution is 5.77. The molecule has 1 amide bonds. The van der Waals surface area contributed by atoms with Crippen LogP contribution in [-0.4, -0.2) is 17.4 Å². The summed E-state index contributed by atoms with van der Waals surface area (Å²) in [7, 11) is 0. The van der Waals surface area contributed by atoms with Gasteiger partial charge in [-0.2, -0.15) is 0 Å². The van der Waals surface area contributed by atoms with Crippen molar-refractivity contribution in [3.05, 3.63) is 17.8 Å². The molecule has 0 aliphatic heterocycles. The van der Waals surface area contributed by atoms with Gasteiger partial charge < -0.3 is 9.73 Å². The standard InChI is InChI=1S/C10H16N2O2/c1-7(2)5-12-10(13)4-9-6-11-8(3)14-9/h6-7H,4-5H2,1-3H3,(H,12,13). The van der Waals surface area contributed by atoms with Gasteiger partial charge in [0.25, 0.3) is 0 Å². The molecule has 0 fully saturated rings. The van der Waals surface area contributed by atoms with Crippen LogP contribution in [0.25, 0.3) is 0 Å². The van der Waals surface area contributed by atoms with Crippen molar-refractivity contribution in [3.8, 4) is 0 Å². The predicted molar refractivity (Wildman–Crippen MR) is 52.8 cm³/mol. The summed E-state index contributed by atoms with van der Waals surface area (Å²) >= 11 is 0. The molecule has 0 saturated heterocycles. The topological polar surface area (TPSA) is 55.1 Å². The van der Waals surface area contributed by atoms with Crippen molar-refractivity contribution in [2.45, 2.75) is 27.2 Å². The number of nitrogens with one attached hydrogen (secondary N) is 1. The molecule has 1 aromatic heterocycles. The zero-order chi connectivity index (χ0) is 10.6. The van der Waals surface area contributed by atoms with Gasteiger partial charge in [0.15, 0.2) is 5.89 Å². The van der Waals surface area contributed by atoms with Crippen LogP contribution in [0.5, 0.6) is 0 Å². The molecule has 0 saturated carbocycles. The van der Waals surface area contributed by atoms with Crippen LogP contribution in [0, 0.1) is 12.8 Å². The van der Waals surface area contributed by atoms with E-state index in [0.29, 0.717) is 24.1 Å². The molecule has 0 aliphatic rings. The second-order valence-corrected chi connectivity index (χ2v) is 3.72. The zero-order valence-electron chi connectivity index (χ0n) is 8.83. The quantitative estimate of drug-likeness (QED) is 0.789. The van der Waals surface area contributed by atoms with Gasteiger partial charge in [0, 0.05) is 13.5 Å². The van der Waals surface area contributed by atoms with Crippen LogP contribution in [0.15, 0.2) is 10.6 Å². The molecule has 1 rings (SSSR count). The Bertz CT molecular complexity index is 305. The van der Waals surface area contributed by atoms with Gasteiger partial charge in [-0.25, -0.2) is 4.98 Å². The Hall–Kier alpha value is -1.32. The molecule has 4 nitrogen and oxygen atoms in total. The molecular formula is C10H16N2O2. The minimum absolute atomic E-state index is 0.0187. The largest absolute Gasteiger partial charge is 0.446 e. The molecule has 0 bridgehead atoms. The van der Waals surface area contributed by atoms with Gasteiger partial charge in [-0.1, -0.05) is 13.8 Å². The molecule has 0 atom stereocenters. The number of nitrogens with zero attached hydrogens (tertiary/aromatic N) is 1. The van der Waals surface area contributed by atoms with Crippen LogP contribution in [0.3, 0.4) is 0 Å². The fourth-order valence-corrected chi connectivity index (χ4v) is 1.03. The molecule has 1 aromatic rings. The van der Waals surface area contributed by atoms with Gasteiger partial charge in [-0.05, 0) is 5.92 Å². The molecule has 78 valence electrons. The summed E-state index contributed by atoms with van der Waals surface area (Å²) in [5.74, 6) is 1.66. The third-order valence-corrected chi connectivity index (χ3v) is 1.71. The van der Waals surface area contributed by atoms with Crippen LogP contribution in [0.4, 0.5) is 0 Å². The summed E-state index contributed by atoms with van der Waals surface area (Å²) < 4.78 is 5.19. The van der Waals surface area contributed by atoms with E-state index >= 15 is 0 Å². The van der Waals surface area contributed by atoms with E-state index in [1.165, 1.54) is 0 Å². The van der Waals surface area contributed by atoms with E-state index < -0.39 is 0 Å². The van der Waals surface area contributed by atoms with E-state index in [1.54, 1.807) is 13.1 Å². The number of carbonyl (C=O) groups is 1. The number of rotatable bonds is 4. The van der Waals surface area contributed by atoms with Gasteiger partial charge >= 0.3 is 0 Å². The van der Waals surface area contributed by atoms with E-state index in [0.717, 1.165) is 0 Å². The molecule has 0 radical (unpaired) electrons. The van der Waals surface area contributed by atoms with Gasteiger partial charge in [0.05, 0.1) is 12.6 Å². The van der Waals surface area contributed by atoms with Gasteiger partial charge in [-0.15, -0.1) is 0 Å². The molecule has 0 unspecified atom stereocenters. The van der Waals surface area contributed by atoms with E-state index in [4.69, 9.17) is 4.42 Å². The van der Waals surface area contributed by atoms with Crippen molar-refractivity contribution in [3.63, 3.8) is 0 Å². The Balaban J connectivity index is 2.34. The summed E-state index contributed by atoms with van der Waals surface area (Å²) in [6.07, 6.45) is 1.86. The number of hydrogen-bond acceptors (Lipinski definition) is 3. The van der Waals surface area contributed by atoms with Gasteiger partial charge in [0.1, 0.15) is 5.76 Å². The fourth-order valence-electron chi connectivity index (χ4n) is 1.03. The molecular weight excluding hydrogens is 180 g/mol. The first kappa shape index (κ1) is 10.8. The molecule has 0 aromatic carbocycles. The highest BCUT2D eigenvalue weighted by Crippen LogP contribution is 2.02. The van der Waals surface area contributed by atoms with Crippen molar-refractivity contribution in [2.24, 2.45) is 5.92 Å². The number of amides is 1. The van der Waals surface area contributed by atoms with Gasteiger partial charge in [0.2, 0.25) is 5.91 Å². The molecule has 1 heterocycles. The Morgan fingerprint density at radius 2 is 2.36 bits per heavy atom. The lowest BCUT2D eigenvalue weighted by atomic mass is 10.2. The fraction of sp³-hybridized carbons (Fsp3) is 0.600. The van der Waals surface area contributed by atoms with Crippen LogP contribution in [-0.2, 0) is 11.2 Å². The number of carbonyl (C=O) groups excluding carboxylic acids is 1. The van der Waals surface area contributed by atoms with Crippen molar-refractivity contribution < 1.29 is 9.21 Å². The molecule has 4 heteroatoms. The summed E-state index contributed by atoms with van der Waals surface area (Å²) in [4.78, 5) is 15.2. The van der Waals surface area contributed by atoms with E-state index in [1.807, 2.05) is 0 Å². The van der Waals surface area contributed by atoms with Crippen LogP contribution >= 0.6 is 0 Å². The SMILES string of the molecule is Cc1ncc(CC(=O)NCC(C)C)o1. The third-order valence-electron chi connectivity index (χ3n) is 1.71. The predicted octanol–water partition coefficient (Wildman–Crippen LogP) is 1.30. The summed E-state index contributed by atoms with van der Waals surface area (Å²) in [5.41, 5.74) is 0. The Kier molecular flexibility index (Phi) is 3.68.